The Morgan fingerprint density at radius 1 is 1.17 bits per heavy atom. The number of methoxy groups -OCH3 is 3. The van der Waals surface area contributed by atoms with Crippen molar-refractivity contribution in [3.8, 4) is 17.2 Å². The first kappa shape index (κ1) is 13.0. The maximum absolute atomic E-state index is 14.3. The van der Waals surface area contributed by atoms with Gasteiger partial charge in [-0.15, -0.1) is 0 Å². The second-order valence-corrected chi connectivity index (χ2v) is 4.65. The van der Waals surface area contributed by atoms with Crippen molar-refractivity contribution in [3.63, 3.8) is 0 Å². The van der Waals surface area contributed by atoms with Crippen LogP contribution in [0.15, 0.2) is 6.07 Å². The van der Waals surface area contributed by atoms with Gasteiger partial charge < -0.3 is 19.9 Å². The van der Waals surface area contributed by atoms with Gasteiger partial charge >= 0.3 is 0 Å². The molecule has 5 heteroatoms. The fraction of sp³-hybridized carbons (Fsp3) is 0.538. The van der Waals surface area contributed by atoms with Crippen LogP contribution in [-0.4, -0.2) is 26.9 Å². The molecule has 0 amide bonds. The van der Waals surface area contributed by atoms with E-state index in [0.717, 1.165) is 12.8 Å². The van der Waals surface area contributed by atoms with Crippen molar-refractivity contribution < 1.29 is 18.6 Å². The Morgan fingerprint density at radius 2 is 1.78 bits per heavy atom. The van der Waals surface area contributed by atoms with Crippen LogP contribution in [0.4, 0.5) is 4.39 Å². The average Bonchev–Trinajstić information content (AvgIpc) is 3.09. The first-order valence-corrected chi connectivity index (χ1v) is 5.81. The summed E-state index contributed by atoms with van der Waals surface area (Å²) in [5.41, 5.74) is 6.16. The molecule has 0 spiro atoms. The molecule has 100 valence electrons. The van der Waals surface area contributed by atoms with E-state index in [0.29, 0.717) is 23.5 Å². The Bertz CT molecular complexity index is 458. The molecule has 2 rings (SSSR count). The van der Waals surface area contributed by atoms with Gasteiger partial charge in [0.15, 0.2) is 23.1 Å². The number of hydrogen-bond donors (Lipinski definition) is 1. The molecule has 0 heterocycles. The highest BCUT2D eigenvalue weighted by molar-refractivity contribution is 5.53. The van der Waals surface area contributed by atoms with E-state index in [1.165, 1.54) is 27.4 Å². The Morgan fingerprint density at radius 3 is 2.22 bits per heavy atom. The third-order valence-electron chi connectivity index (χ3n) is 3.31. The molecule has 0 saturated heterocycles. The number of benzene rings is 1. The van der Waals surface area contributed by atoms with Crippen LogP contribution in [0, 0.1) is 5.82 Å². The summed E-state index contributed by atoms with van der Waals surface area (Å²) in [5, 5.41) is 0. The molecule has 1 aliphatic carbocycles. The van der Waals surface area contributed by atoms with Crippen molar-refractivity contribution in [3.05, 3.63) is 17.4 Å². The quantitative estimate of drug-likeness (QED) is 0.873. The molecule has 2 N–H and O–H groups in total. The van der Waals surface area contributed by atoms with Crippen LogP contribution in [0.25, 0.3) is 0 Å². The van der Waals surface area contributed by atoms with Crippen LogP contribution < -0.4 is 19.9 Å². The first-order chi connectivity index (χ1) is 8.54. The molecule has 0 atom stereocenters. The first-order valence-electron chi connectivity index (χ1n) is 5.81. The summed E-state index contributed by atoms with van der Waals surface area (Å²) in [5.74, 6) is 0.571. The fourth-order valence-corrected chi connectivity index (χ4v) is 2.02. The van der Waals surface area contributed by atoms with Crippen molar-refractivity contribution in [2.45, 2.75) is 24.8 Å². The third-order valence-corrected chi connectivity index (χ3v) is 3.31. The third kappa shape index (κ3) is 2.22. The summed E-state index contributed by atoms with van der Waals surface area (Å²) < 4.78 is 29.7. The van der Waals surface area contributed by atoms with E-state index in [1.807, 2.05) is 0 Å². The van der Waals surface area contributed by atoms with Gasteiger partial charge in [0.05, 0.1) is 21.3 Å². The highest BCUT2D eigenvalue weighted by Gasteiger charge is 2.40. The molecule has 1 fully saturated rings. The maximum Gasteiger partial charge on any atom is 0.172 e. The van der Waals surface area contributed by atoms with Gasteiger partial charge in [-0.05, 0) is 19.3 Å². The summed E-state index contributed by atoms with van der Waals surface area (Å²) in [6.07, 6.45) is 2.22. The zero-order valence-corrected chi connectivity index (χ0v) is 10.9. The van der Waals surface area contributed by atoms with Crippen molar-refractivity contribution in [2.24, 2.45) is 5.73 Å². The summed E-state index contributed by atoms with van der Waals surface area (Å²) in [7, 11) is 4.42. The summed E-state index contributed by atoms with van der Waals surface area (Å²) >= 11 is 0. The molecule has 0 aromatic heterocycles. The lowest BCUT2D eigenvalue weighted by Crippen LogP contribution is -2.25. The lowest BCUT2D eigenvalue weighted by atomic mass is 10.0. The van der Waals surface area contributed by atoms with Crippen molar-refractivity contribution in [2.75, 3.05) is 21.3 Å². The molecular weight excluding hydrogens is 237 g/mol. The van der Waals surface area contributed by atoms with Crippen molar-refractivity contribution in [1.82, 2.24) is 0 Å². The van der Waals surface area contributed by atoms with E-state index in [1.54, 1.807) is 0 Å². The second kappa shape index (κ2) is 4.65. The van der Waals surface area contributed by atoms with Gasteiger partial charge in [0.1, 0.15) is 0 Å². The van der Waals surface area contributed by atoms with E-state index < -0.39 is 5.82 Å². The van der Waals surface area contributed by atoms with Crippen molar-refractivity contribution >= 4 is 0 Å². The number of halogens is 1. The molecule has 1 aromatic carbocycles. The Labute approximate surface area is 106 Å². The molecule has 1 aliphatic rings. The number of ether oxygens (including phenoxy) is 3. The van der Waals surface area contributed by atoms with Crippen LogP contribution in [0.2, 0.25) is 0 Å². The van der Waals surface area contributed by atoms with Gasteiger partial charge in [0, 0.05) is 17.2 Å². The summed E-state index contributed by atoms with van der Waals surface area (Å²) in [6.45, 7) is 0. The van der Waals surface area contributed by atoms with E-state index in [9.17, 15) is 4.39 Å². The van der Waals surface area contributed by atoms with Gasteiger partial charge in [0.2, 0.25) is 0 Å². The molecule has 1 aromatic rings. The minimum Gasteiger partial charge on any atom is -0.494 e. The molecule has 0 unspecified atom stereocenters. The standard InChI is InChI=1S/C13H18FNO3/c1-16-9-6-10(17-2)12(18-3)8(11(9)14)7-13(15)4-5-13/h6H,4-5,7,15H2,1-3H3. The molecule has 18 heavy (non-hydrogen) atoms. The Kier molecular flexibility index (Phi) is 3.34. The largest absolute Gasteiger partial charge is 0.494 e. The van der Waals surface area contributed by atoms with Gasteiger partial charge in [-0.25, -0.2) is 4.39 Å². The predicted molar refractivity (Wildman–Crippen MR) is 65.9 cm³/mol. The minimum atomic E-state index is -0.424. The van der Waals surface area contributed by atoms with E-state index in [4.69, 9.17) is 19.9 Å². The maximum atomic E-state index is 14.3. The normalized spacial score (nSPS) is 16.3. The van der Waals surface area contributed by atoms with Crippen LogP contribution in [0.5, 0.6) is 17.2 Å². The van der Waals surface area contributed by atoms with E-state index in [2.05, 4.69) is 0 Å². The molecule has 0 aliphatic heterocycles. The summed E-state index contributed by atoms with van der Waals surface area (Å²) in [4.78, 5) is 0. The Hall–Kier alpha value is -1.49. The van der Waals surface area contributed by atoms with Crippen LogP contribution >= 0.6 is 0 Å². The van der Waals surface area contributed by atoms with E-state index >= 15 is 0 Å². The number of rotatable bonds is 5. The highest BCUT2D eigenvalue weighted by Crippen LogP contribution is 2.44. The smallest absolute Gasteiger partial charge is 0.172 e. The molecule has 0 bridgehead atoms. The number of nitrogens with two attached hydrogens (primary N) is 1. The second-order valence-electron chi connectivity index (χ2n) is 4.65. The average molecular weight is 255 g/mol. The highest BCUT2D eigenvalue weighted by atomic mass is 19.1. The SMILES string of the molecule is COc1cc(OC)c(OC)c(CC2(N)CC2)c1F. The fourth-order valence-electron chi connectivity index (χ4n) is 2.02. The van der Waals surface area contributed by atoms with Gasteiger partial charge in [0.25, 0.3) is 0 Å². The van der Waals surface area contributed by atoms with Crippen LogP contribution in [0.1, 0.15) is 18.4 Å². The lowest BCUT2D eigenvalue weighted by Gasteiger charge is -2.18. The lowest BCUT2D eigenvalue weighted by molar-refractivity contribution is 0.332. The predicted octanol–water partition coefficient (Wildman–Crippen LogP) is 1.89. The molecule has 0 radical (unpaired) electrons. The monoisotopic (exact) mass is 255 g/mol. The van der Waals surface area contributed by atoms with Gasteiger partial charge in [-0.3, -0.25) is 0 Å². The minimum absolute atomic E-state index is 0.145. The Balaban J connectivity index is 2.51. The van der Waals surface area contributed by atoms with Crippen molar-refractivity contribution in [1.29, 1.82) is 0 Å². The number of hydrogen-bond acceptors (Lipinski definition) is 4. The van der Waals surface area contributed by atoms with Gasteiger partial charge in [-0.1, -0.05) is 0 Å². The van der Waals surface area contributed by atoms with Crippen LogP contribution in [0.3, 0.4) is 0 Å². The zero-order valence-electron chi connectivity index (χ0n) is 10.9. The molecule has 1 saturated carbocycles. The van der Waals surface area contributed by atoms with Gasteiger partial charge in [-0.2, -0.15) is 0 Å². The molecular formula is C13H18FNO3. The van der Waals surface area contributed by atoms with Crippen LogP contribution in [-0.2, 0) is 6.42 Å². The topological polar surface area (TPSA) is 53.7 Å². The molecule has 4 nitrogen and oxygen atoms in total. The zero-order chi connectivity index (χ0) is 13.3. The van der Waals surface area contributed by atoms with E-state index in [-0.39, 0.29) is 11.3 Å². The summed E-state index contributed by atoms with van der Waals surface area (Å²) in [6, 6.07) is 1.48.